The maximum Gasteiger partial charge on any atom is 0.162 e. The van der Waals surface area contributed by atoms with Gasteiger partial charge in [-0.3, -0.25) is 0 Å². The zero-order chi connectivity index (χ0) is 17.1. The van der Waals surface area contributed by atoms with Crippen LogP contribution in [0.15, 0.2) is 36.4 Å². The molecule has 2 aromatic carbocycles. The van der Waals surface area contributed by atoms with Gasteiger partial charge in [0.05, 0.1) is 0 Å². The van der Waals surface area contributed by atoms with E-state index >= 15 is 0 Å². The van der Waals surface area contributed by atoms with Gasteiger partial charge >= 0.3 is 0 Å². The molecule has 0 radical (unpaired) electrons. The fourth-order valence-corrected chi connectivity index (χ4v) is 3.76. The van der Waals surface area contributed by atoms with Crippen LogP contribution in [-0.2, 0) is 12.8 Å². The van der Waals surface area contributed by atoms with E-state index in [1.165, 1.54) is 31.2 Å². The van der Waals surface area contributed by atoms with Crippen LogP contribution in [-0.4, -0.2) is 0 Å². The van der Waals surface area contributed by atoms with Crippen LogP contribution in [0.4, 0.5) is 8.78 Å². The molecular weight excluding hydrogens is 302 g/mol. The maximum absolute atomic E-state index is 14.2. The highest BCUT2D eigenvalue weighted by Crippen LogP contribution is 2.35. The molecule has 0 bridgehead atoms. The van der Waals surface area contributed by atoms with Crippen LogP contribution in [0.1, 0.15) is 67.7 Å². The van der Waals surface area contributed by atoms with Gasteiger partial charge in [-0.2, -0.15) is 0 Å². The smallest absolute Gasteiger partial charge is 0.162 e. The molecule has 2 heteroatoms. The largest absolute Gasteiger partial charge is 0.203 e. The van der Waals surface area contributed by atoms with E-state index in [1.807, 2.05) is 6.92 Å². The predicted molar refractivity (Wildman–Crippen MR) is 95.4 cm³/mol. The van der Waals surface area contributed by atoms with E-state index in [0.717, 1.165) is 11.5 Å². The minimum Gasteiger partial charge on any atom is -0.203 e. The fraction of sp³-hybridized carbons (Fsp3) is 0.455. The van der Waals surface area contributed by atoms with Crippen molar-refractivity contribution < 1.29 is 8.78 Å². The van der Waals surface area contributed by atoms with Gasteiger partial charge in [0, 0.05) is 6.42 Å². The van der Waals surface area contributed by atoms with E-state index in [0.29, 0.717) is 29.9 Å². The zero-order valence-electron chi connectivity index (χ0n) is 14.6. The summed E-state index contributed by atoms with van der Waals surface area (Å²) >= 11 is 0. The van der Waals surface area contributed by atoms with Gasteiger partial charge in [-0.1, -0.05) is 63.1 Å². The normalized spacial score (nSPS) is 21.0. The van der Waals surface area contributed by atoms with Gasteiger partial charge in [0.1, 0.15) is 0 Å². The SMILES string of the molecule is CCc1ccc(Cc2ccc(C3CCC(C)CC3)cc2)c(F)c1F. The Balaban J connectivity index is 1.72. The summed E-state index contributed by atoms with van der Waals surface area (Å²) in [5.74, 6) is 0.125. The first-order valence-electron chi connectivity index (χ1n) is 9.13. The summed E-state index contributed by atoms with van der Waals surface area (Å²) in [5, 5.41) is 0. The van der Waals surface area contributed by atoms with Crippen molar-refractivity contribution in [2.24, 2.45) is 5.92 Å². The van der Waals surface area contributed by atoms with Crippen LogP contribution in [0.2, 0.25) is 0 Å². The van der Waals surface area contributed by atoms with Gasteiger partial charge in [0.2, 0.25) is 0 Å². The molecule has 0 nitrogen and oxygen atoms in total. The van der Waals surface area contributed by atoms with E-state index < -0.39 is 11.6 Å². The summed E-state index contributed by atoms with van der Waals surface area (Å²) < 4.78 is 28.1. The van der Waals surface area contributed by atoms with Crippen LogP contribution < -0.4 is 0 Å². The second-order valence-corrected chi connectivity index (χ2v) is 7.24. The molecule has 0 N–H and O–H groups in total. The third kappa shape index (κ3) is 3.68. The molecule has 0 heterocycles. The van der Waals surface area contributed by atoms with Crippen molar-refractivity contribution >= 4 is 0 Å². The summed E-state index contributed by atoms with van der Waals surface area (Å²) in [6, 6.07) is 11.9. The van der Waals surface area contributed by atoms with Gasteiger partial charge in [-0.25, -0.2) is 8.78 Å². The third-order valence-corrected chi connectivity index (χ3v) is 5.48. The van der Waals surface area contributed by atoms with E-state index in [9.17, 15) is 8.78 Å². The van der Waals surface area contributed by atoms with Crippen molar-refractivity contribution in [2.45, 2.75) is 58.3 Å². The van der Waals surface area contributed by atoms with Crippen molar-refractivity contribution in [2.75, 3.05) is 0 Å². The van der Waals surface area contributed by atoms with Crippen LogP contribution >= 0.6 is 0 Å². The first kappa shape index (κ1) is 17.1. The second kappa shape index (κ2) is 7.46. The summed E-state index contributed by atoms with van der Waals surface area (Å²) in [7, 11) is 0. The minimum atomic E-state index is -0.695. The quantitative estimate of drug-likeness (QED) is 0.608. The number of halogens is 2. The number of rotatable bonds is 4. The lowest BCUT2D eigenvalue weighted by Gasteiger charge is -2.26. The highest BCUT2D eigenvalue weighted by Gasteiger charge is 2.19. The average molecular weight is 328 g/mol. The van der Waals surface area contributed by atoms with E-state index in [4.69, 9.17) is 0 Å². The van der Waals surface area contributed by atoms with Gasteiger partial charge in [0.15, 0.2) is 11.6 Å². The summed E-state index contributed by atoms with van der Waals surface area (Å²) in [4.78, 5) is 0. The van der Waals surface area contributed by atoms with Gasteiger partial charge < -0.3 is 0 Å². The van der Waals surface area contributed by atoms with Crippen molar-refractivity contribution in [1.29, 1.82) is 0 Å². The molecule has 0 spiro atoms. The lowest BCUT2D eigenvalue weighted by molar-refractivity contribution is 0.348. The van der Waals surface area contributed by atoms with Crippen molar-refractivity contribution in [1.82, 2.24) is 0 Å². The number of hydrogen-bond donors (Lipinski definition) is 0. The van der Waals surface area contributed by atoms with Crippen LogP contribution in [0.25, 0.3) is 0 Å². The monoisotopic (exact) mass is 328 g/mol. The molecule has 128 valence electrons. The number of hydrogen-bond acceptors (Lipinski definition) is 0. The number of benzene rings is 2. The van der Waals surface area contributed by atoms with Crippen molar-refractivity contribution in [3.63, 3.8) is 0 Å². The Hall–Kier alpha value is -1.70. The predicted octanol–water partition coefficient (Wildman–Crippen LogP) is 6.41. The zero-order valence-corrected chi connectivity index (χ0v) is 14.6. The lowest BCUT2D eigenvalue weighted by atomic mass is 9.79. The molecular formula is C22H26F2. The molecule has 3 rings (SSSR count). The highest BCUT2D eigenvalue weighted by molar-refractivity contribution is 5.33. The Morgan fingerprint density at radius 1 is 0.833 bits per heavy atom. The molecule has 1 fully saturated rings. The molecule has 1 saturated carbocycles. The molecule has 0 saturated heterocycles. The molecule has 1 aliphatic rings. The Labute approximate surface area is 143 Å². The highest BCUT2D eigenvalue weighted by atomic mass is 19.2. The molecule has 2 aromatic rings. The maximum atomic E-state index is 14.2. The second-order valence-electron chi connectivity index (χ2n) is 7.24. The van der Waals surface area contributed by atoms with Gasteiger partial charge in [-0.15, -0.1) is 0 Å². The summed E-state index contributed by atoms with van der Waals surface area (Å²) in [6.07, 6.45) is 6.09. The first-order chi connectivity index (χ1) is 11.6. The standard InChI is InChI=1S/C22H26F2/c1-3-17-12-13-20(22(24)21(17)23)14-16-6-10-19(11-7-16)18-8-4-15(2)5-9-18/h6-7,10-13,15,18H,3-5,8-9,14H2,1-2H3. The van der Waals surface area contributed by atoms with Crippen LogP contribution in [0.3, 0.4) is 0 Å². The van der Waals surface area contributed by atoms with Crippen molar-refractivity contribution in [3.8, 4) is 0 Å². The van der Waals surface area contributed by atoms with Crippen molar-refractivity contribution in [3.05, 3.63) is 70.3 Å². The number of aryl methyl sites for hydroxylation is 1. The Morgan fingerprint density at radius 3 is 2.04 bits per heavy atom. The van der Waals surface area contributed by atoms with E-state index in [1.54, 1.807) is 12.1 Å². The Bertz CT molecular complexity index is 680. The fourth-order valence-electron chi connectivity index (χ4n) is 3.76. The topological polar surface area (TPSA) is 0 Å². The molecule has 0 aliphatic heterocycles. The first-order valence-corrected chi connectivity index (χ1v) is 9.13. The van der Waals surface area contributed by atoms with Gasteiger partial charge in [-0.05, 0) is 53.4 Å². The molecule has 0 unspecified atom stereocenters. The molecule has 0 atom stereocenters. The van der Waals surface area contributed by atoms with Gasteiger partial charge in [0.25, 0.3) is 0 Å². The minimum absolute atomic E-state index is 0.434. The Morgan fingerprint density at radius 2 is 1.42 bits per heavy atom. The summed E-state index contributed by atoms with van der Waals surface area (Å²) in [6.45, 7) is 4.17. The van der Waals surface area contributed by atoms with Crippen LogP contribution in [0, 0.1) is 17.6 Å². The third-order valence-electron chi connectivity index (χ3n) is 5.48. The molecule has 0 aromatic heterocycles. The molecule has 0 amide bonds. The Kier molecular flexibility index (Phi) is 5.33. The molecule has 24 heavy (non-hydrogen) atoms. The van der Waals surface area contributed by atoms with E-state index in [-0.39, 0.29) is 0 Å². The van der Waals surface area contributed by atoms with Crippen LogP contribution in [0.5, 0.6) is 0 Å². The summed E-state index contributed by atoms with van der Waals surface area (Å²) in [5.41, 5.74) is 3.30. The average Bonchev–Trinajstić information content (AvgIpc) is 2.61. The van der Waals surface area contributed by atoms with E-state index in [2.05, 4.69) is 31.2 Å². The lowest BCUT2D eigenvalue weighted by Crippen LogP contribution is -2.10. The molecule has 1 aliphatic carbocycles.